The van der Waals surface area contributed by atoms with Crippen LogP contribution < -0.4 is 0 Å². The van der Waals surface area contributed by atoms with Crippen molar-refractivity contribution >= 4 is 17.2 Å². The quantitative estimate of drug-likeness (QED) is 0.815. The average molecular weight is 332 g/mol. The van der Waals surface area contributed by atoms with Crippen LogP contribution in [0, 0.1) is 0 Å². The maximum absolute atomic E-state index is 12.8. The van der Waals surface area contributed by atoms with E-state index in [1.165, 1.54) is 6.42 Å². The molecule has 1 aliphatic rings. The Balaban J connectivity index is 1.65. The fourth-order valence-corrected chi connectivity index (χ4v) is 4.04. The third kappa shape index (κ3) is 3.99. The molecule has 1 aliphatic heterocycles. The minimum Gasteiger partial charge on any atom is -0.337 e. The highest BCUT2D eigenvalue weighted by atomic mass is 32.1. The number of likely N-dealkylation sites (tertiary alicyclic amines) is 1. The molecule has 1 saturated heterocycles. The lowest BCUT2D eigenvalue weighted by molar-refractivity contribution is 0.0590. The highest BCUT2D eigenvalue weighted by Gasteiger charge is 2.28. The zero-order chi connectivity index (χ0) is 16.1. The third-order valence-corrected chi connectivity index (χ3v) is 5.31. The van der Waals surface area contributed by atoms with Gasteiger partial charge in [0.05, 0.1) is 11.3 Å². The van der Waals surface area contributed by atoms with Gasteiger partial charge in [-0.15, -0.1) is 11.3 Å². The summed E-state index contributed by atoms with van der Waals surface area (Å²) in [7, 11) is 0. The standard InChI is InChI=1S/C17H24N4OS/c1-2-5-16-19-15(12-23-16)17(22)21-9-4-3-6-14(21)7-10-20-11-8-18-13-20/h8,11-14H,2-7,9-10H2,1H3. The number of aromatic nitrogens is 3. The molecule has 5 nitrogen and oxygen atoms in total. The summed E-state index contributed by atoms with van der Waals surface area (Å²) in [6.45, 7) is 3.90. The van der Waals surface area contributed by atoms with E-state index in [0.29, 0.717) is 11.7 Å². The normalized spacial score (nSPS) is 18.3. The molecule has 0 radical (unpaired) electrons. The van der Waals surface area contributed by atoms with Gasteiger partial charge < -0.3 is 9.47 Å². The van der Waals surface area contributed by atoms with Crippen LogP contribution in [0.1, 0.15) is 54.5 Å². The van der Waals surface area contributed by atoms with Gasteiger partial charge in [0.1, 0.15) is 5.69 Å². The Morgan fingerprint density at radius 2 is 2.35 bits per heavy atom. The molecule has 0 aromatic carbocycles. The van der Waals surface area contributed by atoms with E-state index in [-0.39, 0.29) is 5.91 Å². The third-order valence-electron chi connectivity index (χ3n) is 4.40. The summed E-state index contributed by atoms with van der Waals surface area (Å²) in [6.07, 6.45) is 12.0. The van der Waals surface area contributed by atoms with Crippen molar-refractivity contribution in [3.63, 3.8) is 0 Å². The summed E-state index contributed by atoms with van der Waals surface area (Å²) < 4.78 is 2.08. The second-order valence-electron chi connectivity index (χ2n) is 6.11. The average Bonchev–Trinajstić information content (AvgIpc) is 3.25. The number of piperidine rings is 1. The molecule has 0 aliphatic carbocycles. The molecule has 23 heavy (non-hydrogen) atoms. The van der Waals surface area contributed by atoms with Gasteiger partial charge in [0, 0.05) is 36.9 Å². The topological polar surface area (TPSA) is 51.0 Å². The van der Waals surface area contributed by atoms with E-state index in [1.807, 2.05) is 22.8 Å². The zero-order valence-electron chi connectivity index (χ0n) is 13.6. The second-order valence-corrected chi connectivity index (χ2v) is 7.06. The van der Waals surface area contributed by atoms with Gasteiger partial charge in [-0.3, -0.25) is 4.79 Å². The van der Waals surface area contributed by atoms with E-state index in [4.69, 9.17) is 0 Å². The molecule has 1 fully saturated rings. The number of carbonyl (C=O) groups excluding carboxylic acids is 1. The Kier molecular flexibility index (Phi) is 5.43. The number of amides is 1. The predicted molar refractivity (Wildman–Crippen MR) is 91.6 cm³/mol. The van der Waals surface area contributed by atoms with Crippen molar-refractivity contribution in [1.29, 1.82) is 0 Å². The van der Waals surface area contributed by atoms with Crippen LogP contribution in [-0.2, 0) is 13.0 Å². The van der Waals surface area contributed by atoms with Crippen LogP contribution in [0.3, 0.4) is 0 Å². The van der Waals surface area contributed by atoms with E-state index in [1.54, 1.807) is 17.5 Å². The Bertz CT molecular complexity index is 622. The van der Waals surface area contributed by atoms with E-state index < -0.39 is 0 Å². The number of thiazole rings is 1. The fourth-order valence-electron chi connectivity index (χ4n) is 3.17. The first kappa shape index (κ1) is 16.2. The second kappa shape index (κ2) is 7.73. The molecule has 124 valence electrons. The van der Waals surface area contributed by atoms with Crippen LogP contribution in [0.2, 0.25) is 0 Å². The predicted octanol–water partition coefficient (Wildman–Crippen LogP) is 3.38. The number of imidazole rings is 1. The number of hydrogen-bond donors (Lipinski definition) is 0. The largest absolute Gasteiger partial charge is 0.337 e. The first-order chi connectivity index (χ1) is 11.3. The molecular formula is C17H24N4OS. The highest BCUT2D eigenvalue weighted by molar-refractivity contribution is 7.09. The first-order valence-electron chi connectivity index (χ1n) is 8.49. The van der Waals surface area contributed by atoms with E-state index in [0.717, 1.165) is 50.2 Å². The number of nitrogens with zero attached hydrogens (tertiary/aromatic N) is 4. The van der Waals surface area contributed by atoms with Crippen LogP contribution in [0.5, 0.6) is 0 Å². The molecule has 0 saturated carbocycles. The number of rotatable bonds is 6. The fraction of sp³-hybridized carbons (Fsp3) is 0.588. The van der Waals surface area contributed by atoms with Crippen LogP contribution in [0.15, 0.2) is 24.1 Å². The summed E-state index contributed by atoms with van der Waals surface area (Å²) in [6, 6.07) is 0.315. The lowest BCUT2D eigenvalue weighted by Crippen LogP contribution is -2.44. The van der Waals surface area contributed by atoms with Crippen LogP contribution in [0.4, 0.5) is 0 Å². The molecule has 1 unspecified atom stereocenters. The van der Waals surface area contributed by atoms with Crippen molar-refractivity contribution in [2.75, 3.05) is 6.54 Å². The van der Waals surface area contributed by atoms with Crippen LogP contribution >= 0.6 is 11.3 Å². The first-order valence-corrected chi connectivity index (χ1v) is 9.37. The van der Waals surface area contributed by atoms with Gasteiger partial charge in [-0.25, -0.2) is 9.97 Å². The van der Waals surface area contributed by atoms with Crippen LogP contribution in [0.25, 0.3) is 0 Å². The van der Waals surface area contributed by atoms with Crippen molar-refractivity contribution in [2.24, 2.45) is 0 Å². The monoisotopic (exact) mass is 332 g/mol. The summed E-state index contributed by atoms with van der Waals surface area (Å²) in [5.74, 6) is 0.110. The highest BCUT2D eigenvalue weighted by Crippen LogP contribution is 2.23. The molecule has 1 atom stereocenters. The maximum Gasteiger partial charge on any atom is 0.273 e. The summed E-state index contributed by atoms with van der Waals surface area (Å²) in [5.41, 5.74) is 0.632. The number of aryl methyl sites for hydroxylation is 2. The molecular weight excluding hydrogens is 308 g/mol. The summed E-state index contributed by atoms with van der Waals surface area (Å²) in [5, 5.41) is 3.00. The molecule has 2 aromatic rings. The Hall–Kier alpha value is -1.69. The maximum atomic E-state index is 12.8. The lowest BCUT2D eigenvalue weighted by Gasteiger charge is -2.35. The Morgan fingerprint density at radius 1 is 1.43 bits per heavy atom. The molecule has 0 spiro atoms. The van der Waals surface area contributed by atoms with Gasteiger partial charge >= 0.3 is 0 Å². The van der Waals surface area contributed by atoms with Gasteiger partial charge in [0.2, 0.25) is 0 Å². The minimum absolute atomic E-state index is 0.110. The zero-order valence-corrected chi connectivity index (χ0v) is 14.5. The van der Waals surface area contributed by atoms with Crippen molar-refractivity contribution in [3.8, 4) is 0 Å². The lowest BCUT2D eigenvalue weighted by atomic mass is 9.99. The molecule has 0 N–H and O–H groups in total. The van der Waals surface area contributed by atoms with Crippen molar-refractivity contribution < 1.29 is 4.79 Å². The van der Waals surface area contributed by atoms with E-state index in [2.05, 4.69) is 21.5 Å². The van der Waals surface area contributed by atoms with Gasteiger partial charge in [0.25, 0.3) is 5.91 Å². The molecule has 1 amide bonds. The summed E-state index contributed by atoms with van der Waals surface area (Å²) in [4.78, 5) is 23.5. The number of carbonyl (C=O) groups is 1. The van der Waals surface area contributed by atoms with E-state index in [9.17, 15) is 4.79 Å². The van der Waals surface area contributed by atoms with Gasteiger partial charge in [0.15, 0.2) is 0 Å². The SMILES string of the molecule is CCCc1nc(C(=O)N2CCCCC2CCn2ccnc2)cs1. The van der Waals surface area contributed by atoms with Crippen molar-refractivity contribution in [2.45, 2.75) is 58.0 Å². The molecule has 3 heterocycles. The van der Waals surface area contributed by atoms with Crippen LogP contribution in [-0.4, -0.2) is 37.9 Å². The molecule has 6 heteroatoms. The van der Waals surface area contributed by atoms with Gasteiger partial charge in [-0.05, 0) is 38.5 Å². The van der Waals surface area contributed by atoms with E-state index >= 15 is 0 Å². The summed E-state index contributed by atoms with van der Waals surface area (Å²) >= 11 is 1.61. The van der Waals surface area contributed by atoms with Crippen molar-refractivity contribution in [1.82, 2.24) is 19.4 Å². The Morgan fingerprint density at radius 3 is 3.13 bits per heavy atom. The Labute approximate surface area is 141 Å². The molecule has 2 aromatic heterocycles. The molecule has 0 bridgehead atoms. The van der Waals surface area contributed by atoms with Gasteiger partial charge in [-0.2, -0.15) is 0 Å². The molecule has 3 rings (SSSR count). The minimum atomic E-state index is 0.110. The van der Waals surface area contributed by atoms with Gasteiger partial charge in [-0.1, -0.05) is 6.92 Å². The number of hydrogen-bond acceptors (Lipinski definition) is 4. The van der Waals surface area contributed by atoms with Crippen molar-refractivity contribution in [3.05, 3.63) is 34.8 Å². The smallest absolute Gasteiger partial charge is 0.273 e.